The summed E-state index contributed by atoms with van der Waals surface area (Å²) in [6.07, 6.45) is 0. The second kappa shape index (κ2) is 4.84. The standard InChI is InChI=1S/C15H18S/c1-11(2)12(3)13-5-4-6-14(9-13)15-7-8-16-10-15/h4-12H,1-3H3. The van der Waals surface area contributed by atoms with Gasteiger partial charge < -0.3 is 0 Å². The van der Waals surface area contributed by atoms with Crippen molar-refractivity contribution in [2.75, 3.05) is 0 Å². The lowest BCUT2D eigenvalue weighted by atomic mass is 9.89. The molecule has 16 heavy (non-hydrogen) atoms. The Morgan fingerprint density at radius 3 is 2.44 bits per heavy atom. The van der Waals surface area contributed by atoms with E-state index < -0.39 is 0 Å². The van der Waals surface area contributed by atoms with Crippen molar-refractivity contribution in [2.24, 2.45) is 5.92 Å². The van der Waals surface area contributed by atoms with Crippen LogP contribution in [0.1, 0.15) is 32.3 Å². The highest BCUT2D eigenvalue weighted by molar-refractivity contribution is 7.08. The van der Waals surface area contributed by atoms with Crippen LogP contribution in [0.15, 0.2) is 41.1 Å². The molecule has 1 unspecified atom stereocenters. The Kier molecular flexibility index (Phi) is 3.45. The lowest BCUT2D eigenvalue weighted by Crippen LogP contribution is -2.01. The van der Waals surface area contributed by atoms with E-state index in [4.69, 9.17) is 0 Å². The van der Waals surface area contributed by atoms with Crippen molar-refractivity contribution in [1.29, 1.82) is 0 Å². The third kappa shape index (κ3) is 2.35. The highest BCUT2D eigenvalue weighted by atomic mass is 32.1. The van der Waals surface area contributed by atoms with E-state index in [2.05, 4.69) is 61.9 Å². The van der Waals surface area contributed by atoms with Gasteiger partial charge in [-0.05, 0) is 45.4 Å². The first-order valence-corrected chi connectivity index (χ1v) is 6.75. The molecular weight excluding hydrogens is 212 g/mol. The molecule has 0 nitrogen and oxygen atoms in total. The van der Waals surface area contributed by atoms with Crippen molar-refractivity contribution in [3.05, 3.63) is 46.7 Å². The molecule has 1 aromatic carbocycles. The Labute approximate surface area is 102 Å². The maximum atomic E-state index is 2.33. The van der Waals surface area contributed by atoms with Gasteiger partial charge in [0.2, 0.25) is 0 Å². The molecule has 0 radical (unpaired) electrons. The summed E-state index contributed by atoms with van der Waals surface area (Å²) in [6.45, 7) is 6.86. The molecule has 84 valence electrons. The molecular formula is C15H18S. The van der Waals surface area contributed by atoms with Crippen LogP contribution >= 0.6 is 11.3 Å². The van der Waals surface area contributed by atoms with E-state index in [0.29, 0.717) is 11.8 Å². The topological polar surface area (TPSA) is 0 Å². The molecule has 0 aliphatic rings. The van der Waals surface area contributed by atoms with Crippen molar-refractivity contribution in [1.82, 2.24) is 0 Å². The molecule has 2 aromatic rings. The third-order valence-corrected chi connectivity index (χ3v) is 3.95. The monoisotopic (exact) mass is 230 g/mol. The quantitative estimate of drug-likeness (QED) is 0.682. The van der Waals surface area contributed by atoms with Gasteiger partial charge in [0.25, 0.3) is 0 Å². The molecule has 1 atom stereocenters. The Morgan fingerprint density at radius 1 is 1.00 bits per heavy atom. The summed E-state index contributed by atoms with van der Waals surface area (Å²) in [5, 5.41) is 4.34. The zero-order valence-corrected chi connectivity index (χ0v) is 10.9. The lowest BCUT2D eigenvalue weighted by molar-refractivity contribution is 0.535. The lowest BCUT2D eigenvalue weighted by Gasteiger charge is -2.16. The van der Waals surface area contributed by atoms with Crippen molar-refractivity contribution >= 4 is 11.3 Å². The normalized spacial score (nSPS) is 13.0. The van der Waals surface area contributed by atoms with E-state index >= 15 is 0 Å². The van der Waals surface area contributed by atoms with Gasteiger partial charge in [-0.2, -0.15) is 11.3 Å². The average Bonchev–Trinajstić information content (AvgIpc) is 2.81. The Hall–Kier alpha value is -1.08. The average molecular weight is 230 g/mol. The predicted octanol–water partition coefficient (Wildman–Crippen LogP) is 5.17. The zero-order valence-electron chi connectivity index (χ0n) is 10.1. The minimum atomic E-state index is 0.624. The van der Waals surface area contributed by atoms with Crippen LogP contribution in [0.3, 0.4) is 0 Å². The molecule has 0 bridgehead atoms. The summed E-state index contributed by atoms with van der Waals surface area (Å²) in [4.78, 5) is 0. The van der Waals surface area contributed by atoms with Crippen LogP contribution in [0, 0.1) is 5.92 Å². The van der Waals surface area contributed by atoms with Crippen LogP contribution in [0.2, 0.25) is 0 Å². The van der Waals surface area contributed by atoms with Gasteiger partial charge in [0, 0.05) is 0 Å². The Balaban J connectivity index is 2.34. The van der Waals surface area contributed by atoms with Crippen molar-refractivity contribution in [3.8, 4) is 11.1 Å². The van der Waals surface area contributed by atoms with E-state index in [-0.39, 0.29) is 0 Å². The van der Waals surface area contributed by atoms with Crippen molar-refractivity contribution in [3.63, 3.8) is 0 Å². The van der Waals surface area contributed by atoms with E-state index in [0.717, 1.165) is 0 Å². The van der Waals surface area contributed by atoms with Gasteiger partial charge >= 0.3 is 0 Å². The van der Waals surface area contributed by atoms with Crippen molar-refractivity contribution in [2.45, 2.75) is 26.7 Å². The van der Waals surface area contributed by atoms with Gasteiger partial charge in [-0.3, -0.25) is 0 Å². The summed E-state index contributed by atoms with van der Waals surface area (Å²) < 4.78 is 0. The fourth-order valence-electron chi connectivity index (χ4n) is 1.82. The Bertz CT molecular complexity index is 440. The molecule has 0 spiro atoms. The molecule has 0 saturated carbocycles. The summed E-state index contributed by atoms with van der Waals surface area (Å²) >= 11 is 1.75. The minimum Gasteiger partial charge on any atom is -0.152 e. The number of rotatable bonds is 3. The van der Waals surface area contributed by atoms with Gasteiger partial charge in [-0.15, -0.1) is 0 Å². The second-order valence-corrected chi connectivity index (χ2v) is 5.45. The van der Waals surface area contributed by atoms with Crippen LogP contribution in [-0.2, 0) is 0 Å². The summed E-state index contributed by atoms with van der Waals surface area (Å²) in [6, 6.07) is 11.1. The van der Waals surface area contributed by atoms with Gasteiger partial charge in [0.1, 0.15) is 0 Å². The van der Waals surface area contributed by atoms with E-state index in [1.807, 2.05) is 0 Å². The van der Waals surface area contributed by atoms with Crippen LogP contribution in [0.25, 0.3) is 11.1 Å². The van der Waals surface area contributed by atoms with E-state index in [9.17, 15) is 0 Å². The fourth-order valence-corrected chi connectivity index (χ4v) is 2.48. The van der Waals surface area contributed by atoms with Crippen LogP contribution < -0.4 is 0 Å². The highest BCUT2D eigenvalue weighted by Gasteiger charge is 2.10. The molecule has 2 rings (SSSR count). The number of benzene rings is 1. The van der Waals surface area contributed by atoms with E-state index in [1.54, 1.807) is 11.3 Å². The first kappa shape index (κ1) is 11.4. The number of hydrogen-bond acceptors (Lipinski definition) is 1. The summed E-state index contributed by atoms with van der Waals surface area (Å²) in [5.41, 5.74) is 4.12. The number of thiophene rings is 1. The third-order valence-electron chi connectivity index (χ3n) is 3.27. The first-order valence-electron chi connectivity index (χ1n) is 5.81. The Morgan fingerprint density at radius 2 is 1.81 bits per heavy atom. The van der Waals surface area contributed by atoms with E-state index in [1.165, 1.54) is 16.7 Å². The highest BCUT2D eigenvalue weighted by Crippen LogP contribution is 2.28. The van der Waals surface area contributed by atoms with Crippen LogP contribution in [-0.4, -0.2) is 0 Å². The number of hydrogen-bond donors (Lipinski definition) is 0. The van der Waals surface area contributed by atoms with Crippen LogP contribution in [0.5, 0.6) is 0 Å². The molecule has 1 heteroatoms. The first-order chi connectivity index (χ1) is 7.68. The fraction of sp³-hybridized carbons (Fsp3) is 0.333. The van der Waals surface area contributed by atoms with Gasteiger partial charge in [-0.25, -0.2) is 0 Å². The molecule has 0 N–H and O–H groups in total. The maximum Gasteiger partial charge on any atom is -0.00147 e. The van der Waals surface area contributed by atoms with Crippen LogP contribution in [0.4, 0.5) is 0 Å². The maximum absolute atomic E-state index is 2.33. The van der Waals surface area contributed by atoms with Crippen molar-refractivity contribution < 1.29 is 0 Å². The molecule has 0 aliphatic carbocycles. The minimum absolute atomic E-state index is 0.624. The summed E-state index contributed by atoms with van der Waals surface area (Å²) in [5.74, 6) is 1.32. The molecule has 0 aliphatic heterocycles. The predicted molar refractivity (Wildman–Crippen MR) is 73.0 cm³/mol. The molecule has 0 amide bonds. The molecule has 1 heterocycles. The molecule has 0 saturated heterocycles. The largest absolute Gasteiger partial charge is 0.152 e. The van der Waals surface area contributed by atoms with Gasteiger partial charge in [0.15, 0.2) is 0 Å². The second-order valence-electron chi connectivity index (χ2n) is 4.67. The molecule has 0 fully saturated rings. The molecule has 1 aromatic heterocycles. The zero-order chi connectivity index (χ0) is 11.5. The smallest absolute Gasteiger partial charge is 0.00147 e. The summed E-state index contributed by atoms with van der Waals surface area (Å²) in [7, 11) is 0. The van der Waals surface area contributed by atoms with Gasteiger partial charge in [-0.1, -0.05) is 45.0 Å². The van der Waals surface area contributed by atoms with Gasteiger partial charge in [0.05, 0.1) is 0 Å². The SMILES string of the molecule is CC(C)C(C)c1cccc(-c2ccsc2)c1.